The summed E-state index contributed by atoms with van der Waals surface area (Å²) in [5, 5.41) is 8.36. The summed E-state index contributed by atoms with van der Waals surface area (Å²) in [7, 11) is 0. The zero-order valence-corrected chi connectivity index (χ0v) is 17.4. The number of hydrogen-bond acceptors (Lipinski definition) is 5. The lowest BCUT2D eigenvalue weighted by molar-refractivity contribution is 0.199. The first kappa shape index (κ1) is 18.9. The maximum absolute atomic E-state index is 4.86. The molecule has 0 saturated carbocycles. The van der Waals surface area contributed by atoms with Crippen molar-refractivity contribution >= 4 is 5.65 Å². The molecule has 0 unspecified atom stereocenters. The van der Waals surface area contributed by atoms with Gasteiger partial charge in [-0.15, -0.1) is 0 Å². The maximum Gasteiger partial charge on any atom is 0.154 e. The number of piperazine rings is 1. The third-order valence-corrected chi connectivity index (χ3v) is 5.66. The number of pyridine rings is 1. The highest BCUT2D eigenvalue weighted by molar-refractivity contribution is 5.66. The Hall–Kier alpha value is -3.09. The van der Waals surface area contributed by atoms with Crippen LogP contribution >= 0.6 is 0 Å². The Balaban J connectivity index is 1.42. The third-order valence-electron chi connectivity index (χ3n) is 5.66. The van der Waals surface area contributed by atoms with E-state index < -0.39 is 0 Å². The number of nitrogens with zero attached hydrogens (tertiary/aromatic N) is 5. The predicted molar refractivity (Wildman–Crippen MR) is 119 cm³/mol. The highest BCUT2D eigenvalue weighted by Gasteiger charge is 2.16. The van der Waals surface area contributed by atoms with Gasteiger partial charge < -0.3 is 5.32 Å². The first-order valence-corrected chi connectivity index (χ1v) is 10.5. The molecule has 1 fully saturated rings. The average molecular weight is 399 g/mol. The summed E-state index contributed by atoms with van der Waals surface area (Å²) in [4.78, 5) is 11.3. The fourth-order valence-corrected chi connectivity index (χ4v) is 4.12. The summed E-state index contributed by atoms with van der Waals surface area (Å²) in [6, 6.07) is 17.4. The molecular weight excluding hydrogens is 372 g/mol. The second-order valence-electron chi connectivity index (χ2n) is 8.11. The number of hydrogen-bond donors (Lipinski definition) is 1. The van der Waals surface area contributed by atoms with Crippen LogP contribution in [0.2, 0.25) is 0 Å². The summed E-state index contributed by atoms with van der Waals surface area (Å²) < 4.78 is 1.93. The van der Waals surface area contributed by atoms with E-state index in [9.17, 15) is 0 Å². The molecule has 4 heterocycles. The van der Waals surface area contributed by atoms with Crippen molar-refractivity contribution in [3.8, 4) is 22.5 Å². The van der Waals surface area contributed by atoms with E-state index in [-0.39, 0.29) is 0 Å². The molecule has 0 radical (unpaired) electrons. The van der Waals surface area contributed by atoms with Gasteiger partial charge in [-0.25, -0.2) is 9.50 Å². The summed E-state index contributed by atoms with van der Waals surface area (Å²) >= 11 is 0. The standard InChI is InChI=1S/C24H26N6/c1-17-13-21(9-10-25-17)22-7-8-24-27-14-23(30(24)28-22)20-5-3-19(4-6-20)16-29-12-11-26-18(2)15-29/h3-10,13-14,18,26H,11-12,15-16H2,1-2H3/t18-/m1/s1. The van der Waals surface area contributed by atoms with E-state index in [4.69, 9.17) is 5.10 Å². The van der Waals surface area contributed by atoms with Gasteiger partial charge in [-0.3, -0.25) is 9.88 Å². The Kier molecular flexibility index (Phi) is 5.02. The van der Waals surface area contributed by atoms with Crippen molar-refractivity contribution < 1.29 is 0 Å². The molecule has 0 amide bonds. The topological polar surface area (TPSA) is 58.4 Å². The van der Waals surface area contributed by atoms with Crippen molar-refractivity contribution in [3.63, 3.8) is 0 Å². The van der Waals surface area contributed by atoms with Crippen LogP contribution in [0.5, 0.6) is 0 Å². The van der Waals surface area contributed by atoms with Crippen molar-refractivity contribution in [2.24, 2.45) is 0 Å². The molecule has 0 aliphatic carbocycles. The van der Waals surface area contributed by atoms with Gasteiger partial charge in [0, 0.05) is 55.2 Å². The summed E-state index contributed by atoms with van der Waals surface area (Å²) in [5.41, 5.74) is 7.26. The molecule has 1 N–H and O–H groups in total. The van der Waals surface area contributed by atoms with Crippen molar-refractivity contribution in [3.05, 3.63) is 72.2 Å². The van der Waals surface area contributed by atoms with Crippen LogP contribution in [0.3, 0.4) is 0 Å². The molecule has 6 nitrogen and oxygen atoms in total. The molecule has 4 aromatic rings. The smallest absolute Gasteiger partial charge is 0.154 e. The summed E-state index contributed by atoms with van der Waals surface area (Å²) in [6.07, 6.45) is 3.72. The van der Waals surface area contributed by atoms with Crippen LogP contribution in [-0.2, 0) is 6.54 Å². The van der Waals surface area contributed by atoms with Crippen LogP contribution in [0.25, 0.3) is 28.2 Å². The van der Waals surface area contributed by atoms with Crippen molar-refractivity contribution in [2.45, 2.75) is 26.4 Å². The zero-order chi connectivity index (χ0) is 20.5. The SMILES string of the molecule is Cc1cc(-c2ccc3ncc(-c4ccc(CN5CCN[C@H](C)C5)cc4)n3n2)ccn1. The van der Waals surface area contributed by atoms with Crippen LogP contribution in [0.4, 0.5) is 0 Å². The van der Waals surface area contributed by atoms with Gasteiger partial charge in [0.2, 0.25) is 0 Å². The quantitative estimate of drug-likeness (QED) is 0.570. The second kappa shape index (κ2) is 7.97. The molecular formula is C24H26N6. The fourth-order valence-electron chi connectivity index (χ4n) is 4.12. The summed E-state index contributed by atoms with van der Waals surface area (Å²) in [6.45, 7) is 8.48. The van der Waals surface area contributed by atoms with Gasteiger partial charge in [0.25, 0.3) is 0 Å². The van der Waals surface area contributed by atoms with Crippen molar-refractivity contribution in [1.29, 1.82) is 0 Å². The molecule has 1 aromatic carbocycles. The molecule has 0 bridgehead atoms. The monoisotopic (exact) mass is 398 g/mol. The van der Waals surface area contributed by atoms with Gasteiger partial charge in [0.05, 0.1) is 17.6 Å². The Bertz CT molecular complexity index is 1160. The number of rotatable bonds is 4. The lowest BCUT2D eigenvalue weighted by atomic mass is 10.1. The first-order chi connectivity index (χ1) is 14.7. The van der Waals surface area contributed by atoms with E-state index in [1.807, 2.05) is 42.0 Å². The Morgan fingerprint density at radius 1 is 1.03 bits per heavy atom. The number of nitrogens with one attached hydrogen (secondary N) is 1. The van der Waals surface area contributed by atoms with E-state index >= 15 is 0 Å². The average Bonchev–Trinajstić information content (AvgIpc) is 3.18. The van der Waals surface area contributed by atoms with Gasteiger partial charge in [-0.1, -0.05) is 24.3 Å². The highest BCUT2D eigenvalue weighted by atomic mass is 15.3. The van der Waals surface area contributed by atoms with Gasteiger partial charge in [0.1, 0.15) is 0 Å². The van der Waals surface area contributed by atoms with E-state index in [2.05, 4.69) is 57.4 Å². The van der Waals surface area contributed by atoms with Gasteiger partial charge in [0.15, 0.2) is 5.65 Å². The van der Waals surface area contributed by atoms with Crippen LogP contribution < -0.4 is 5.32 Å². The highest BCUT2D eigenvalue weighted by Crippen LogP contribution is 2.24. The lowest BCUT2D eigenvalue weighted by Gasteiger charge is -2.31. The number of imidazole rings is 1. The largest absolute Gasteiger partial charge is 0.312 e. The van der Waals surface area contributed by atoms with Gasteiger partial charge in [-0.05, 0) is 43.7 Å². The van der Waals surface area contributed by atoms with E-state index in [0.29, 0.717) is 6.04 Å². The summed E-state index contributed by atoms with van der Waals surface area (Å²) in [5.74, 6) is 0. The molecule has 1 aliphatic heterocycles. The normalized spacial score (nSPS) is 17.5. The maximum atomic E-state index is 4.86. The molecule has 5 rings (SSSR count). The fraction of sp³-hybridized carbons (Fsp3) is 0.292. The minimum Gasteiger partial charge on any atom is -0.312 e. The van der Waals surface area contributed by atoms with Crippen molar-refractivity contribution in [1.82, 2.24) is 29.8 Å². The van der Waals surface area contributed by atoms with Crippen LogP contribution in [-0.4, -0.2) is 50.2 Å². The Morgan fingerprint density at radius 2 is 1.90 bits per heavy atom. The van der Waals surface area contributed by atoms with E-state index in [1.54, 1.807) is 0 Å². The molecule has 1 aliphatic rings. The van der Waals surface area contributed by atoms with Gasteiger partial charge >= 0.3 is 0 Å². The second-order valence-corrected chi connectivity index (χ2v) is 8.11. The number of fused-ring (bicyclic) bond motifs is 1. The number of aryl methyl sites for hydroxylation is 1. The Labute approximate surface area is 176 Å². The molecule has 152 valence electrons. The van der Waals surface area contributed by atoms with Crippen LogP contribution in [0.15, 0.2) is 60.9 Å². The van der Waals surface area contributed by atoms with Gasteiger partial charge in [-0.2, -0.15) is 5.10 Å². The minimum atomic E-state index is 0.556. The third kappa shape index (κ3) is 3.84. The molecule has 3 aromatic heterocycles. The number of benzene rings is 1. The predicted octanol–water partition coefficient (Wildman–Crippen LogP) is 3.56. The molecule has 30 heavy (non-hydrogen) atoms. The molecule has 1 atom stereocenters. The van der Waals surface area contributed by atoms with Crippen LogP contribution in [0.1, 0.15) is 18.2 Å². The molecule has 6 heteroatoms. The minimum absolute atomic E-state index is 0.556. The molecule has 1 saturated heterocycles. The van der Waals surface area contributed by atoms with Crippen LogP contribution in [0, 0.1) is 6.92 Å². The number of aromatic nitrogens is 4. The lowest BCUT2D eigenvalue weighted by Crippen LogP contribution is -2.48. The zero-order valence-electron chi connectivity index (χ0n) is 17.4. The van der Waals surface area contributed by atoms with E-state index in [1.165, 1.54) is 5.56 Å². The first-order valence-electron chi connectivity index (χ1n) is 10.5. The Morgan fingerprint density at radius 3 is 2.70 bits per heavy atom. The molecule has 0 spiro atoms. The van der Waals surface area contributed by atoms with Crippen molar-refractivity contribution in [2.75, 3.05) is 19.6 Å². The van der Waals surface area contributed by atoms with E-state index in [0.717, 1.165) is 60.0 Å².